The Balaban J connectivity index is 1.64. The van der Waals surface area contributed by atoms with E-state index in [9.17, 15) is 9.59 Å². The number of methoxy groups -OCH3 is 1. The van der Waals surface area contributed by atoms with Crippen LogP contribution in [0.15, 0.2) is 17.5 Å². The number of rotatable bonds is 6. The van der Waals surface area contributed by atoms with Crippen LogP contribution in [0.4, 0.5) is 0 Å². The highest BCUT2D eigenvalue weighted by molar-refractivity contribution is 7.20. The number of aryl methyl sites for hydroxylation is 2. The number of nitrogens with zero attached hydrogens (tertiary/aromatic N) is 2. The number of carbonyl (C=O) groups excluding carboxylic acids is 2. The normalized spacial score (nSPS) is 14.8. The number of carbonyl (C=O) groups is 2. The van der Waals surface area contributed by atoms with Crippen LogP contribution >= 0.6 is 22.7 Å². The average Bonchev–Trinajstić information content (AvgIpc) is 3.26. The van der Waals surface area contributed by atoms with Gasteiger partial charge < -0.3 is 10.1 Å². The minimum absolute atomic E-state index is 0.0946. The zero-order valence-electron chi connectivity index (χ0n) is 15.9. The molecule has 8 heteroatoms. The van der Waals surface area contributed by atoms with Crippen molar-refractivity contribution < 1.29 is 14.3 Å². The summed E-state index contributed by atoms with van der Waals surface area (Å²) in [5.41, 5.74) is 1.81. The Labute approximate surface area is 171 Å². The van der Waals surface area contributed by atoms with Crippen LogP contribution in [-0.4, -0.2) is 29.0 Å². The molecule has 1 atom stereocenters. The Bertz CT molecular complexity index is 1040. The molecular formula is C20H21N3O3S2. The van der Waals surface area contributed by atoms with Crippen LogP contribution < -0.4 is 5.32 Å². The number of hydrogen-bond acceptors (Lipinski definition) is 7. The highest BCUT2D eigenvalue weighted by atomic mass is 32.1. The smallest absolute Gasteiger partial charge is 0.307 e. The zero-order chi connectivity index (χ0) is 19.8. The van der Waals surface area contributed by atoms with Gasteiger partial charge >= 0.3 is 5.97 Å². The first-order valence-electron chi connectivity index (χ1n) is 9.16. The van der Waals surface area contributed by atoms with Crippen LogP contribution in [0, 0.1) is 13.8 Å². The largest absolute Gasteiger partial charge is 0.469 e. The SMILES string of the molecule is COC(=O)CC(NC(=O)c1sc2nc(C3CC3)nc(C)c2c1C)c1cccs1. The topological polar surface area (TPSA) is 81.2 Å². The molecule has 0 aromatic carbocycles. The van der Waals surface area contributed by atoms with Crippen molar-refractivity contribution >= 4 is 44.8 Å². The summed E-state index contributed by atoms with van der Waals surface area (Å²) in [5, 5.41) is 5.89. The molecule has 0 spiro atoms. The van der Waals surface area contributed by atoms with Gasteiger partial charge in [-0.2, -0.15) is 0 Å². The number of ether oxygens (including phenoxy) is 1. The first kappa shape index (κ1) is 19.0. The highest BCUT2D eigenvalue weighted by Gasteiger charge is 2.29. The summed E-state index contributed by atoms with van der Waals surface area (Å²) in [4.78, 5) is 36.6. The fourth-order valence-corrected chi connectivity index (χ4v) is 5.21. The first-order valence-corrected chi connectivity index (χ1v) is 10.9. The maximum absolute atomic E-state index is 13.1. The molecule has 3 aromatic rings. The van der Waals surface area contributed by atoms with E-state index in [4.69, 9.17) is 9.72 Å². The average molecular weight is 416 g/mol. The Morgan fingerprint density at radius 3 is 2.75 bits per heavy atom. The van der Waals surface area contributed by atoms with Crippen molar-refractivity contribution in [3.05, 3.63) is 44.3 Å². The minimum atomic E-state index is -0.418. The van der Waals surface area contributed by atoms with Crippen molar-refractivity contribution in [2.45, 2.75) is 45.1 Å². The van der Waals surface area contributed by atoms with E-state index < -0.39 is 6.04 Å². The molecule has 28 heavy (non-hydrogen) atoms. The van der Waals surface area contributed by atoms with Crippen LogP contribution in [0.2, 0.25) is 0 Å². The molecule has 6 nitrogen and oxygen atoms in total. The first-order chi connectivity index (χ1) is 13.5. The second-order valence-electron chi connectivity index (χ2n) is 7.00. The molecule has 0 bridgehead atoms. The number of thiophene rings is 2. The van der Waals surface area contributed by atoms with E-state index in [0.29, 0.717) is 10.8 Å². The van der Waals surface area contributed by atoms with Gasteiger partial charge in [-0.1, -0.05) is 6.07 Å². The molecule has 1 unspecified atom stereocenters. The van der Waals surface area contributed by atoms with Gasteiger partial charge in [-0.05, 0) is 43.7 Å². The summed E-state index contributed by atoms with van der Waals surface area (Å²) >= 11 is 2.90. The molecule has 146 valence electrons. The van der Waals surface area contributed by atoms with E-state index in [1.165, 1.54) is 29.8 Å². The molecule has 0 saturated heterocycles. The summed E-state index contributed by atoms with van der Waals surface area (Å²) < 4.78 is 4.79. The Morgan fingerprint density at radius 1 is 1.32 bits per heavy atom. The van der Waals surface area contributed by atoms with Gasteiger partial charge in [0, 0.05) is 16.2 Å². The van der Waals surface area contributed by atoms with Crippen molar-refractivity contribution in [1.29, 1.82) is 0 Å². The Morgan fingerprint density at radius 2 is 2.11 bits per heavy atom. The second-order valence-corrected chi connectivity index (χ2v) is 8.98. The predicted molar refractivity (Wildman–Crippen MR) is 110 cm³/mol. The molecule has 3 aromatic heterocycles. The van der Waals surface area contributed by atoms with E-state index in [-0.39, 0.29) is 18.3 Å². The Kier molecular flexibility index (Phi) is 5.16. The molecule has 1 fully saturated rings. The lowest BCUT2D eigenvalue weighted by atomic mass is 10.1. The fourth-order valence-electron chi connectivity index (χ4n) is 3.29. The number of aromatic nitrogens is 2. The molecule has 3 heterocycles. The van der Waals surface area contributed by atoms with Crippen molar-refractivity contribution in [1.82, 2.24) is 15.3 Å². The quantitative estimate of drug-likeness (QED) is 0.608. The van der Waals surface area contributed by atoms with Crippen LogP contribution in [0.3, 0.4) is 0 Å². The standard InChI is InChI=1S/C20H21N3O3S2/c1-10-16-11(2)21-18(12-6-7-12)23-20(16)28-17(10)19(25)22-13(9-15(24)26-3)14-5-4-8-27-14/h4-5,8,12-13H,6-7,9H2,1-3H3,(H,22,25). The monoisotopic (exact) mass is 415 g/mol. The Hall–Kier alpha value is -2.32. The second kappa shape index (κ2) is 7.60. The van der Waals surface area contributed by atoms with E-state index >= 15 is 0 Å². The number of esters is 1. The third-order valence-corrected chi connectivity index (χ3v) is 7.10. The lowest BCUT2D eigenvalue weighted by Gasteiger charge is -2.16. The minimum Gasteiger partial charge on any atom is -0.469 e. The predicted octanol–water partition coefficient (Wildman–Crippen LogP) is 4.28. The van der Waals surface area contributed by atoms with Crippen molar-refractivity contribution in [3.63, 3.8) is 0 Å². The third kappa shape index (κ3) is 3.66. The summed E-state index contributed by atoms with van der Waals surface area (Å²) in [7, 11) is 1.35. The fraction of sp³-hybridized carbons (Fsp3) is 0.400. The maximum Gasteiger partial charge on any atom is 0.307 e. The molecule has 1 saturated carbocycles. The van der Waals surface area contributed by atoms with Gasteiger partial charge in [-0.25, -0.2) is 9.97 Å². The summed E-state index contributed by atoms with van der Waals surface area (Å²) in [5.74, 6) is 0.795. The molecule has 1 amide bonds. The van der Waals surface area contributed by atoms with Gasteiger partial charge in [0.05, 0.1) is 30.1 Å². The van der Waals surface area contributed by atoms with E-state index in [0.717, 1.165) is 45.0 Å². The summed E-state index contributed by atoms with van der Waals surface area (Å²) in [6, 6.07) is 3.40. The zero-order valence-corrected chi connectivity index (χ0v) is 17.6. The number of fused-ring (bicyclic) bond motifs is 1. The van der Waals surface area contributed by atoms with Crippen molar-refractivity contribution in [2.75, 3.05) is 7.11 Å². The van der Waals surface area contributed by atoms with E-state index in [2.05, 4.69) is 10.3 Å². The number of amides is 1. The summed E-state index contributed by atoms with van der Waals surface area (Å²) in [6.07, 6.45) is 2.37. The van der Waals surface area contributed by atoms with E-state index in [1.54, 1.807) is 0 Å². The van der Waals surface area contributed by atoms with Crippen LogP contribution in [-0.2, 0) is 9.53 Å². The third-order valence-electron chi connectivity index (χ3n) is 4.93. The highest BCUT2D eigenvalue weighted by Crippen LogP contribution is 2.40. The molecule has 0 radical (unpaired) electrons. The van der Waals surface area contributed by atoms with Crippen molar-refractivity contribution in [2.24, 2.45) is 0 Å². The van der Waals surface area contributed by atoms with Crippen LogP contribution in [0.25, 0.3) is 10.2 Å². The van der Waals surface area contributed by atoms with E-state index in [1.807, 2.05) is 31.4 Å². The molecule has 1 N–H and O–H groups in total. The molecule has 1 aliphatic rings. The number of nitrogens with one attached hydrogen (secondary N) is 1. The molecule has 1 aliphatic carbocycles. The number of hydrogen-bond donors (Lipinski definition) is 1. The molecule has 4 rings (SSSR count). The van der Waals surface area contributed by atoms with Crippen molar-refractivity contribution in [3.8, 4) is 0 Å². The molecule has 0 aliphatic heterocycles. The van der Waals surface area contributed by atoms with Gasteiger partial charge in [-0.3, -0.25) is 9.59 Å². The lowest BCUT2D eigenvalue weighted by Crippen LogP contribution is -2.29. The van der Waals surface area contributed by atoms with Gasteiger partial charge in [0.15, 0.2) is 0 Å². The van der Waals surface area contributed by atoms with Gasteiger partial charge in [0.25, 0.3) is 5.91 Å². The van der Waals surface area contributed by atoms with Gasteiger partial charge in [-0.15, -0.1) is 22.7 Å². The maximum atomic E-state index is 13.1. The van der Waals surface area contributed by atoms with Crippen LogP contribution in [0.1, 0.15) is 62.9 Å². The summed E-state index contributed by atoms with van der Waals surface area (Å²) in [6.45, 7) is 3.91. The van der Waals surface area contributed by atoms with Gasteiger partial charge in [0.2, 0.25) is 0 Å². The van der Waals surface area contributed by atoms with Crippen LogP contribution in [0.5, 0.6) is 0 Å². The molecular weight excluding hydrogens is 394 g/mol. The van der Waals surface area contributed by atoms with Gasteiger partial charge in [0.1, 0.15) is 10.7 Å². The lowest BCUT2D eigenvalue weighted by molar-refractivity contribution is -0.141.